The topological polar surface area (TPSA) is 46.4 Å². The highest BCUT2D eigenvalue weighted by Gasteiger charge is 2.33. The first-order valence-corrected chi connectivity index (χ1v) is 9.42. The van der Waals surface area contributed by atoms with E-state index in [1.807, 2.05) is 0 Å². The second-order valence-electron chi connectivity index (χ2n) is 6.64. The lowest BCUT2D eigenvalue weighted by molar-refractivity contribution is -0.137. The molecule has 0 saturated carbocycles. The van der Waals surface area contributed by atoms with E-state index < -0.39 is 17.6 Å². The number of nitrogens with zero attached hydrogens (tertiary/aromatic N) is 2. The van der Waals surface area contributed by atoms with Gasteiger partial charge in [-0.1, -0.05) is 30.2 Å². The van der Waals surface area contributed by atoms with Crippen LogP contribution in [0.2, 0.25) is 5.02 Å². The Hall–Kier alpha value is -2.02. The van der Waals surface area contributed by atoms with Gasteiger partial charge < -0.3 is 5.32 Å². The van der Waals surface area contributed by atoms with Crippen LogP contribution in [0.5, 0.6) is 0 Å². The maximum absolute atomic E-state index is 13.1. The number of alkyl halides is 3. The van der Waals surface area contributed by atoms with Crippen molar-refractivity contribution in [3.63, 3.8) is 0 Å². The van der Waals surface area contributed by atoms with Crippen molar-refractivity contribution in [2.45, 2.75) is 51.6 Å². The second kappa shape index (κ2) is 7.92. The predicted octanol–water partition coefficient (Wildman–Crippen LogP) is 5.19. The van der Waals surface area contributed by atoms with Gasteiger partial charge in [-0.05, 0) is 44.6 Å². The van der Waals surface area contributed by atoms with Crippen molar-refractivity contribution >= 4 is 23.2 Å². The Labute approximate surface area is 160 Å². The van der Waals surface area contributed by atoms with Crippen LogP contribution in [0.25, 0.3) is 5.65 Å². The zero-order chi connectivity index (χ0) is 19.6. The molecule has 0 spiro atoms. The molecule has 0 saturated heterocycles. The van der Waals surface area contributed by atoms with Crippen LogP contribution in [0.15, 0.2) is 23.9 Å². The molecule has 8 heteroatoms. The Morgan fingerprint density at radius 1 is 1.37 bits per heavy atom. The molecular formula is C19H21ClF3N3O. The summed E-state index contributed by atoms with van der Waals surface area (Å²) in [5.41, 5.74) is 1.09. The molecule has 1 N–H and O–H groups in total. The van der Waals surface area contributed by atoms with Gasteiger partial charge in [0.1, 0.15) is 5.69 Å². The number of hydrogen-bond donors (Lipinski definition) is 1. The molecule has 3 rings (SSSR count). The zero-order valence-corrected chi connectivity index (χ0v) is 15.8. The van der Waals surface area contributed by atoms with Crippen molar-refractivity contribution < 1.29 is 18.0 Å². The Balaban J connectivity index is 1.88. The Morgan fingerprint density at radius 2 is 2.15 bits per heavy atom. The van der Waals surface area contributed by atoms with Crippen molar-refractivity contribution in [1.82, 2.24) is 14.7 Å². The first-order valence-electron chi connectivity index (χ1n) is 9.05. The van der Waals surface area contributed by atoms with E-state index in [1.165, 1.54) is 12.0 Å². The maximum Gasteiger partial charge on any atom is 0.417 e. The molecule has 2 aromatic heterocycles. The molecular weight excluding hydrogens is 379 g/mol. The number of halogens is 4. The monoisotopic (exact) mass is 399 g/mol. The largest absolute Gasteiger partial charge is 0.417 e. The smallest absolute Gasteiger partial charge is 0.350 e. The Kier molecular flexibility index (Phi) is 5.79. The van der Waals surface area contributed by atoms with E-state index in [1.54, 1.807) is 6.92 Å². The molecule has 0 atom stereocenters. The summed E-state index contributed by atoms with van der Waals surface area (Å²) in [6, 6.07) is 0.834. The number of aromatic nitrogens is 2. The highest BCUT2D eigenvalue weighted by Crippen LogP contribution is 2.33. The van der Waals surface area contributed by atoms with Crippen molar-refractivity contribution in [3.8, 4) is 0 Å². The van der Waals surface area contributed by atoms with Crippen molar-refractivity contribution in [3.05, 3.63) is 45.9 Å². The maximum atomic E-state index is 13.1. The number of pyridine rings is 1. The van der Waals surface area contributed by atoms with E-state index in [9.17, 15) is 18.0 Å². The summed E-state index contributed by atoms with van der Waals surface area (Å²) >= 11 is 6.00. The fraction of sp³-hybridized carbons (Fsp3) is 0.474. The van der Waals surface area contributed by atoms with Gasteiger partial charge in [0.05, 0.1) is 16.3 Å². The zero-order valence-electron chi connectivity index (χ0n) is 15.0. The van der Waals surface area contributed by atoms with Gasteiger partial charge >= 0.3 is 6.18 Å². The minimum Gasteiger partial charge on any atom is -0.350 e. The number of imidazole rings is 1. The molecule has 1 amide bonds. The average Bonchev–Trinajstić information content (AvgIpc) is 3.01. The second-order valence-corrected chi connectivity index (χ2v) is 7.05. The number of hydrogen-bond acceptors (Lipinski definition) is 2. The standard InChI is InChI=1S/C19H21ClF3N3O/c1-2-15-16(18(27)24-9-8-12-6-4-3-5-7-12)26-11-13(19(21,22)23)10-14(20)17(26)25-15/h6,10-11H,2-5,7-9H2,1H3,(H,24,27). The first-order chi connectivity index (χ1) is 12.8. The van der Waals surface area contributed by atoms with E-state index in [-0.39, 0.29) is 16.4 Å². The van der Waals surface area contributed by atoms with E-state index in [4.69, 9.17) is 11.6 Å². The minimum absolute atomic E-state index is 0.109. The molecule has 0 bridgehead atoms. The van der Waals surface area contributed by atoms with Gasteiger partial charge in [-0.25, -0.2) is 4.98 Å². The molecule has 0 unspecified atom stereocenters. The Morgan fingerprint density at radius 3 is 2.78 bits per heavy atom. The summed E-state index contributed by atoms with van der Waals surface area (Å²) in [6.07, 6.45) is 4.14. The summed E-state index contributed by atoms with van der Waals surface area (Å²) in [4.78, 5) is 17.0. The molecule has 27 heavy (non-hydrogen) atoms. The molecule has 0 aliphatic heterocycles. The van der Waals surface area contributed by atoms with Crippen molar-refractivity contribution in [2.75, 3.05) is 6.54 Å². The van der Waals surface area contributed by atoms with Crippen LogP contribution in [0.1, 0.15) is 60.8 Å². The SMILES string of the molecule is CCc1nc2c(Cl)cc(C(F)(F)F)cn2c1C(=O)NCCC1=CCCCC1. The summed E-state index contributed by atoms with van der Waals surface area (Å²) in [6.45, 7) is 2.23. The average molecular weight is 400 g/mol. The molecule has 0 radical (unpaired) electrons. The fourth-order valence-corrected chi connectivity index (χ4v) is 3.60. The minimum atomic E-state index is -4.56. The van der Waals surface area contributed by atoms with Crippen molar-refractivity contribution in [2.24, 2.45) is 0 Å². The molecule has 0 fully saturated rings. The van der Waals surface area contributed by atoms with Crippen LogP contribution in [-0.4, -0.2) is 21.8 Å². The highest BCUT2D eigenvalue weighted by atomic mass is 35.5. The summed E-state index contributed by atoms with van der Waals surface area (Å²) in [7, 11) is 0. The number of allylic oxidation sites excluding steroid dienone is 1. The number of fused-ring (bicyclic) bond motifs is 1. The normalized spacial score (nSPS) is 15.1. The molecule has 4 nitrogen and oxygen atoms in total. The van der Waals surface area contributed by atoms with Gasteiger partial charge in [0.2, 0.25) is 0 Å². The molecule has 0 aromatic carbocycles. The lowest BCUT2D eigenvalue weighted by Gasteiger charge is -2.13. The number of aryl methyl sites for hydroxylation is 1. The van der Waals surface area contributed by atoms with E-state index in [2.05, 4.69) is 16.4 Å². The molecule has 1 aliphatic rings. The third-order valence-electron chi connectivity index (χ3n) is 4.74. The van der Waals surface area contributed by atoms with Gasteiger partial charge in [0, 0.05) is 12.7 Å². The van der Waals surface area contributed by atoms with Crippen molar-refractivity contribution in [1.29, 1.82) is 0 Å². The van der Waals surface area contributed by atoms with Crippen LogP contribution >= 0.6 is 11.6 Å². The third kappa shape index (κ3) is 4.29. The number of rotatable bonds is 5. The number of nitrogens with one attached hydrogen (secondary N) is 1. The van der Waals surface area contributed by atoms with E-state index >= 15 is 0 Å². The number of carbonyl (C=O) groups is 1. The predicted molar refractivity (Wildman–Crippen MR) is 98.1 cm³/mol. The summed E-state index contributed by atoms with van der Waals surface area (Å²) in [5, 5.41) is 2.68. The summed E-state index contributed by atoms with van der Waals surface area (Å²) in [5.74, 6) is -0.439. The van der Waals surface area contributed by atoms with Gasteiger partial charge in [0.25, 0.3) is 5.91 Å². The van der Waals surface area contributed by atoms with Crippen LogP contribution in [0, 0.1) is 0 Å². The van der Waals surface area contributed by atoms with Gasteiger partial charge in [-0.2, -0.15) is 13.2 Å². The molecule has 2 heterocycles. The lowest BCUT2D eigenvalue weighted by atomic mass is 9.97. The van der Waals surface area contributed by atoms with Gasteiger partial charge in [-0.15, -0.1) is 0 Å². The van der Waals surface area contributed by atoms with E-state index in [0.717, 1.165) is 42.3 Å². The molecule has 146 valence electrons. The van der Waals surface area contributed by atoms with Crippen LogP contribution < -0.4 is 5.32 Å². The third-order valence-corrected chi connectivity index (χ3v) is 5.02. The summed E-state index contributed by atoms with van der Waals surface area (Å²) < 4.78 is 40.5. The first kappa shape index (κ1) is 19.7. The van der Waals surface area contributed by atoms with Crippen LogP contribution in [0.4, 0.5) is 13.2 Å². The quantitative estimate of drug-likeness (QED) is 0.703. The highest BCUT2D eigenvalue weighted by molar-refractivity contribution is 6.33. The number of amides is 1. The fourth-order valence-electron chi connectivity index (χ4n) is 3.35. The van der Waals surface area contributed by atoms with Gasteiger partial charge in [-0.3, -0.25) is 9.20 Å². The molecule has 1 aliphatic carbocycles. The molecule has 2 aromatic rings. The lowest BCUT2D eigenvalue weighted by Crippen LogP contribution is -2.27. The van der Waals surface area contributed by atoms with Gasteiger partial charge in [0.15, 0.2) is 5.65 Å². The van der Waals surface area contributed by atoms with E-state index in [0.29, 0.717) is 18.7 Å². The van der Waals surface area contributed by atoms with Crippen LogP contribution in [-0.2, 0) is 12.6 Å². The number of carbonyl (C=O) groups excluding carboxylic acids is 1. The van der Waals surface area contributed by atoms with Crippen LogP contribution in [0.3, 0.4) is 0 Å². The Bertz CT molecular complexity index is 886.